The van der Waals surface area contributed by atoms with E-state index in [1.807, 2.05) is 49.4 Å². The van der Waals surface area contributed by atoms with E-state index in [-0.39, 0.29) is 0 Å². The second-order valence-corrected chi connectivity index (χ2v) is 5.15. The lowest BCUT2D eigenvalue weighted by Crippen LogP contribution is -1.96. The summed E-state index contributed by atoms with van der Waals surface area (Å²) in [4.78, 5) is 4.37. The number of rotatable bonds is 3. The van der Waals surface area contributed by atoms with Gasteiger partial charge in [0.25, 0.3) is 0 Å². The van der Waals surface area contributed by atoms with Crippen LogP contribution in [-0.4, -0.2) is 4.98 Å². The maximum Gasteiger partial charge on any atom is 0.233 e. The lowest BCUT2D eigenvalue weighted by Gasteiger charge is -2.06. The summed E-state index contributed by atoms with van der Waals surface area (Å²) in [5.74, 6) is 1.36. The second kappa shape index (κ2) is 5.05. The van der Waals surface area contributed by atoms with E-state index in [2.05, 4.69) is 20.9 Å². The predicted octanol–water partition coefficient (Wildman–Crippen LogP) is 4.48. The van der Waals surface area contributed by atoms with Crippen molar-refractivity contribution in [2.24, 2.45) is 0 Å². The molecule has 1 aromatic heterocycles. The first kappa shape index (κ1) is 12.2. The maximum absolute atomic E-state index is 5.70. The molecule has 0 N–H and O–H groups in total. The molecule has 0 amide bonds. The van der Waals surface area contributed by atoms with Crippen molar-refractivity contribution in [2.45, 2.75) is 13.5 Å². The highest BCUT2D eigenvalue weighted by Crippen LogP contribution is 2.26. The molecule has 0 bridgehead atoms. The minimum absolute atomic E-state index is 0.316. The fourth-order valence-corrected chi connectivity index (χ4v) is 2.45. The number of oxazole rings is 1. The quantitative estimate of drug-likeness (QED) is 0.714. The first-order valence-corrected chi connectivity index (χ1v) is 6.75. The molecule has 3 nitrogen and oxygen atoms in total. The summed E-state index contributed by atoms with van der Waals surface area (Å²) in [6, 6.07) is 13.6. The molecule has 3 aromatic rings. The normalized spacial score (nSPS) is 10.8. The molecule has 2 aromatic carbocycles. The highest BCUT2D eigenvalue weighted by Gasteiger charge is 2.07. The first-order valence-electron chi connectivity index (χ1n) is 5.96. The third-order valence-corrected chi connectivity index (χ3v) is 3.40. The fourth-order valence-electron chi connectivity index (χ4n) is 1.84. The van der Waals surface area contributed by atoms with Crippen molar-refractivity contribution in [3.8, 4) is 5.75 Å². The van der Waals surface area contributed by atoms with E-state index in [1.165, 1.54) is 5.56 Å². The molecule has 0 aliphatic heterocycles. The van der Waals surface area contributed by atoms with Crippen molar-refractivity contribution in [1.29, 1.82) is 0 Å². The Labute approximate surface area is 119 Å². The van der Waals surface area contributed by atoms with Crippen LogP contribution >= 0.6 is 15.9 Å². The number of benzene rings is 2. The van der Waals surface area contributed by atoms with Crippen molar-refractivity contribution in [2.75, 3.05) is 0 Å². The molecule has 0 aliphatic carbocycles. The Morgan fingerprint density at radius 1 is 1.21 bits per heavy atom. The van der Waals surface area contributed by atoms with Crippen LogP contribution in [0.4, 0.5) is 0 Å². The van der Waals surface area contributed by atoms with Gasteiger partial charge < -0.3 is 9.15 Å². The highest BCUT2D eigenvalue weighted by atomic mass is 79.9. The lowest BCUT2D eigenvalue weighted by molar-refractivity contribution is 0.265. The molecule has 0 spiro atoms. The zero-order valence-electron chi connectivity index (χ0n) is 10.4. The van der Waals surface area contributed by atoms with Crippen molar-refractivity contribution < 1.29 is 9.15 Å². The van der Waals surface area contributed by atoms with Crippen LogP contribution in [0, 0.1) is 6.92 Å². The topological polar surface area (TPSA) is 35.3 Å². The molecule has 0 unspecified atom stereocenters. The summed E-state index contributed by atoms with van der Waals surface area (Å²) in [6.45, 7) is 2.35. The summed E-state index contributed by atoms with van der Waals surface area (Å²) in [5, 5.41) is 0. The van der Waals surface area contributed by atoms with Crippen LogP contribution in [0.25, 0.3) is 11.1 Å². The maximum atomic E-state index is 5.70. The predicted molar refractivity (Wildman–Crippen MR) is 77.2 cm³/mol. The highest BCUT2D eigenvalue weighted by molar-refractivity contribution is 9.10. The summed E-state index contributed by atoms with van der Waals surface area (Å²) in [6.07, 6.45) is 0. The van der Waals surface area contributed by atoms with E-state index in [9.17, 15) is 0 Å². The third kappa shape index (κ3) is 2.63. The number of ether oxygens (including phenoxy) is 1. The first-order chi connectivity index (χ1) is 9.22. The van der Waals surface area contributed by atoms with E-state index in [0.717, 1.165) is 21.3 Å². The number of aryl methyl sites for hydroxylation is 1. The molecular weight excluding hydrogens is 306 g/mol. The van der Waals surface area contributed by atoms with E-state index in [1.54, 1.807) is 0 Å². The number of hydrogen-bond acceptors (Lipinski definition) is 3. The van der Waals surface area contributed by atoms with Gasteiger partial charge in [0.05, 0.1) is 4.47 Å². The van der Waals surface area contributed by atoms with Gasteiger partial charge >= 0.3 is 0 Å². The van der Waals surface area contributed by atoms with Gasteiger partial charge in [-0.25, -0.2) is 4.98 Å². The van der Waals surface area contributed by atoms with Crippen molar-refractivity contribution >= 4 is 27.0 Å². The van der Waals surface area contributed by atoms with Gasteiger partial charge in [-0.3, -0.25) is 0 Å². The molecule has 0 fully saturated rings. The van der Waals surface area contributed by atoms with Gasteiger partial charge in [0.15, 0.2) is 12.2 Å². The monoisotopic (exact) mass is 317 g/mol. The van der Waals surface area contributed by atoms with Gasteiger partial charge in [0, 0.05) is 0 Å². The number of fused-ring (bicyclic) bond motifs is 1. The average Bonchev–Trinajstić information content (AvgIpc) is 2.80. The minimum Gasteiger partial charge on any atom is -0.483 e. The second-order valence-electron chi connectivity index (χ2n) is 4.30. The SMILES string of the molecule is Cc1ccc(OCc2nc3ccccc3o2)c(Br)c1. The number of aromatic nitrogens is 1. The average molecular weight is 318 g/mol. The van der Waals surface area contributed by atoms with Gasteiger partial charge in [0.2, 0.25) is 5.89 Å². The van der Waals surface area contributed by atoms with Crippen molar-refractivity contribution in [1.82, 2.24) is 4.98 Å². The zero-order valence-corrected chi connectivity index (χ0v) is 12.0. The molecule has 96 valence electrons. The van der Waals surface area contributed by atoms with E-state index in [4.69, 9.17) is 9.15 Å². The van der Waals surface area contributed by atoms with Crippen LogP contribution in [0.15, 0.2) is 51.4 Å². The molecule has 3 rings (SSSR count). The van der Waals surface area contributed by atoms with Gasteiger partial charge in [-0.05, 0) is 52.7 Å². The van der Waals surface area contributed by atoms with Crippen LogP contribution in [0.3, 0.4) is 0 Å². The van der Waals surface area contributed by atoms with Gasteiger partial charge in [-0.15, -0.1) is 0 Å². The Morgan fingerprint density at radius 3 is 2.84 bits per heavy atom. The summed E-state index contributed by atoms with van der Waals surface area (Å²) in [5.41, 5.74) is 2.81. The van der Waals surface area contributed by atoms with E-state index in [0.29, 0.717) is 12.5 Å². The lowest BCUT2D eigenvalue weighted by atomic mass is 10.2. The van der Waals surface area contributed by atoms with Gasteiger partial charge in [-0.2, -0.15) is 0 Å². The molecule has 19 heavy (non-hydrogen) atoms. The van der Waals surface area contributed by atoms with Crippen LogP contribution in [0.1, 0.15) is 11.5 Å². The Morgan fingerprint density at radius 2 is 2.05 bits per heavy atom. The number of halogens is 1. The van der Waals surface area contributed by atoms with Crippen LogP contribution < -0.4 is 4.74 Å². The molecule has 1 heterocycles. The smallest absolute Gasteiger partial charge is 0.233 e. The number of para-hydroxylation sites is 2. The number of nitrogens with zero attached hydrogens (tertiary/aromatic N) is 1. The summed E-state index contributed by atoms with van der Waals surface area (Å²) in [7, 11) is 0. The van der Waals surface area contributed by atoms with Crippen LogP contribution in [0.5, 0.6) is 5.75 Å². The van der Waals surface area contributed by atoms with E-state index < -0.39 is 0 Å². The fraction of sp³-hybridized carbons (Fsp3) is 0.133. The zero-order chi connectivity index (χ0) is 13.2. The molecule has 4 heteroatoms. The number of hydrogen-bond donors (Lipinski definition) is 0. The Balaban J connectivity index is 1.78. The molecule has 0 atom stereocenters. The molecular formula is C15H12BrNO2. The summed E-state index contributed by atoms with van der Waals surface area (Å²) < 4.78 is 12.2. The van der Waals surface area contributed by atoms with Crippen molar-refractivity contribution in [3.05, 3.63) is 58.4 Å². The van der Waals surface area contributed by atoms with Crippen LogP contribution in [-0.2, 0) is 6.61 Å². The Hall–Kier alpha value is -1.81. The molecule has 0 radical (unpaired) electrons. The van der Waals surface area contributed by atoms with Crippen molar-refractivity contribution in [3.63, 3.8) is 0 Å². The molecule has 0 aliphatic rings. The Kier molecular flexibility index (Phi) is 3.25. The third-order valence-electron chi connectivity index (χ3n) is 2.78. The summed E-state index contributed by atoms with van der Waals surface area (Å²) >= 11 is 3.48. The Bertz CT molecular complexity index is 688. The molecule has 0 saturated heterocycles. The van der Waals surface area contributed by atoms with Crippen LogP contribution in [0.2, 0.25) is 0 Å². The van der Waals surface area contributed by atoms with Gasteiger partial charge in [0.1, 0.15) is 11.3 Å². The molecule has 0 saturated carbocycles. The van der Waals surface area contributed by atoms with E-state index >= 15 is 0 Å². The van der Waals surface area contributed by atoms with Gasteiger partial charge in [-0.1, -0.05) is 18.2 Å². The standard InChI is InChI=1S/C15H12BrNO2/c1-10-6-7-13(11(16)8-10)18-9-15-17-12-4-2-3-5-14(12)19-15/h2-8H,9H2,1H3. The minimum atomic E-state index is 0.316. The largest absolute Gasteiger partial charge is 0.483 e.